The summed E-state index contributed by atoms with van der Waals surface area (Å²) in [6.45, 7) is 3.07. The SMILES string of the molecule is CCc1ncoc1C(=O)NCC12CC(CN1C(=O)C/C=C/c1ccc(F)cc1)C2. The Hall–Kier alpha value is -2.96. The minimum absolute atomic E-state index is 0.0477. The van der Waals surface area contributed by atoms with E-state index in [1.165, 1.54) is 18.5 Å². The molecule has 3 aliphatic rings. The highest BCUT2D eigenvalue weighted by molar-refractivity contribution is 5.92. The number of oxazole rings is 1. The van der Waals surface area contributed by atoms with Gasteiger partial charge in [0.15, 0.2) is 6.39 Å². The van der Waals surface area contributed by atoms with Gasteiger partial charge in [0.25, 0.3) is 5.91 Å². The predicted molar refractivity (Wildman–Crippen MR) is 105 cm³/mol. The van der Waals surface area contributed by atoms with Crippen LogP contribution in [0.2, 0.25) is 0 Å². The first-order chi connectivity index (χ1) is 14.0. The van der Waals surface area contributed by atoms with Crippen LogP contribution in [-0.2, 0) is 11.2 Å². The summed E-state index contributed by atoms with van der Waals surface area (Å²) in [4.78, 5) is 31.2. The molecule has 2 amide bonds. The van der Waals surface area contributed by atoms with Gasteiger partial charge in [0.05, 0.1) is 11.2 Å². The molecular weight excluding hydrogens is 373 g/mol. The van der Waals surface area contributed by atoms with Crippen molar-refractivity contribution in [3.05, 3.63) is 59.6 Å². The Morgan fingerprint density at radius 2 is 2.10 bits per heavy atom. The van der Waals surface area contributed by atoms with Crippen LogP contribution in [0.1, 0.15) is 48.0 Å². The van der Waals surface area contributed by atoms with Crippen molar-refractivity contribution in [1.29, 1.82) is 0 Å². The van der Waals surface area contributed by atoms with Gasteiger partial charge in [0.1, 0.15) is 5.82 Å². The van der Waals surface area contributed by atoms with E-state index in [1.54, 1.807) is 18.2 Å². The van der Waals surface area contributed by atoms with Gasteiger partial charge in [0.2, 0.25) is 11.7 Å². The number of carbonyl (C=O) groups is 2. The third-order valence-corrected chi connectivity index (χ3v) is 5.88. The Bertz CT molecular complexity index is 929. The van der Waals surface area contributed by atoms with Gasteiger partial charge in [-0.2, -0.15) is 0 Å². The number of hydrogen-bond donors (Lipinski definition) is 1. The van der Waals surface area contributed by atoms with E-state index in [-0.39, 0.29) is 35.4 Å². The molecule has 3 heterocycles. The van der Waals surface area contributed by atoms with Crippen LogP contribution in [0, 0.1) is 11.7 Å². The van der Waals surface area contributed by atoms with E-state index in [9.17, 15) is 14.0 Å². The standard InChI is InChI=1S/C22H24FN3O3/c1-2-18-20(29-14-25-18)21(28)24-13-22-10-16(11-22)12-26(22)19(27)5-3-4-15-6-8-17(23)9-7-15/h3-4,6-9,14,16H,2,5,10-13H2,1H3,(H,24,28)/b4-3+. The van der Waals surface area contributed by atoms with E-state index in [2.05, 4.69) is 10.3 Å². The Morgan fingerprint density at radius 1 is 1.34 bits per heavy atom. The Kier molecular flexibility index (Phi) is 5.22. The average molecular weight is 397 g/mol. The van der Waals surface area contributed by atoms with E-state index in [0.29, 0.717) is 24.6 Å². The normalized spacial score (nSPS) is 22.7. The Labute approximate surface area is 168 Å². The number of fused-ring (bicyclic) bond motifs is 1. The van der Waals surface area contributed by atoms with E-state index in [0.717, 1.165) is 24.9 Å². The molecule has 0 radical (unpaired) electrons. The minimum atomic E-state index is -0.298. The van der Waals surface area contributed by atoms with Crippen LogP contribution < -0.4 is 5.32 Å². The molecule has 7 heteroatoms. The van der Waals surface area contributed by atoms with Crippen LogP contribution in [0.3, 0.4) is 0 Å². The van der Waals surface area contributed by atoms with Crippen molar-refractivity contribution in [2.24, 2.45) is 5.92 Å². The summed E-state index contributed by atoms with van der Waals surface area (Å²) in [5.41, 5.74) is 1.19. The minimum Gasteiger partial charge on any atom is -0.438 e. The zero-order chi connectivity index (χ0) is 20.4. The lowest BCUT2D eigenvalue weighted by atomic mass is 9.73. The molecule has 1 N–H and O–H groups in total. The van der Waals surface area contributed by atoms with Gasteiger partial charge in [-0.05, 0) is 42.9 Å². The lowest BCUT2D eigenvalue weighted by Gasteiger charge is -2.42. The first kappa shape index (κ1) is 19.4. The zero-order valence-corrected chi connectivity index (χ0v) is 16.4. The number of amides is 2. The van der Waals surface area contributed by atoms with Crippen LogP contribution in [0.15, 0.2) is 41.2 Å². The summed E-state index contributed by atoms with van der Waals surface area (Å²) in [7, 11) is 0. The molecule has 29 heavy (non-hydrogen) atoms. The largest absolute Gasteiger partial charge is 0.438 e. The lowest BCUT2D eigenvalue weighted by Crippen LogP contribution is -2.55. The van der Waals surface area contributed by atoms with Crippen molar-refractivity contribution in [3.8, 4) is 0 Å². The first-order valence-electron chi connectivity index (χ1n) is 9.94. The Morgan fingerprint density at radius 3 is 2.83 bits per heavy atom. The van der Waals surface area contributed by atoms with Crippen molar-refractivity contribution >= 4 is 17.9 Å². The zero-order valence-electron chi connectivity index (χ0n) is 16.4. The summed E-state index contributed by atoms with van der Waals surface area (Å²) in [5.74, 6) is 0.237. The van der Waals surface area contributed by atoms with E-state index in [1.807, 2.05) is 17.9 Å². The molecule has 0 spiro atoms. The van der Waals surface area contributed by atoms with E-state index < -0.39 is 0 Å². The van der Waals surface area contributed by atoms with Crippen LogP contribution >= 0.6 is 0 Å². The molecule has 2 aromatic rings. The molecule has 152 valence electrons. The number of carbonyl (C=O) groups excluding carboxylic acids is 2. The van der Waals surface area contributed by atoms with E-state index in [4.69, 9.17) is 4.42 Å². The first-order valence-corrected chi connectivity index (χ1v) is 9.94. The highest BCUT2D eigenvalue weighted by atomic mass is 19.1. The molecule has 3 fully saturated rings. The fourth-order valence-corrected chi connectivity index (χ4v) is 4.43. The summed E-state index contributed by atoms with van der Waals surface area (Å²) < 4.78 is 18.2. The van der Waals surface area contributed by atoms with Gasteiger partial charge in [-0.1, -0.05) is 31.2 Å². The second-order valence-electron chi connectivity index (χ2n) is 7.83. The lowest BCUT2D eigenvalue weighted by molar-refractivity contribution is -0.133. The number of benzene rings is 1. The van der Waals surface area contributed by atoms with Crippen molar-refractivity contribution in [2.75, 3.05) is 13.1 Å². The fraction of sp³-hybridized carbons (Fsp3) is 0.409. The van der Waals surface area contributed by atoms with Crippen molar-refractivity contribution in [2.45, 2.75) is 38.1 Å². The summed E-state index contributed by atoms with van der Waals surface area (Å²) in [5, 5.41) is 2.93. The fourth-order valence-electron chi connectivity index (χ4n) is 4.43. The van der Waals surface area contributed by atoms with Gasteiger partial charge < -0.3 is 14.6 Å². The molecule has 2 bridgehead atoms. The molecule has 1 saturated carbocycles. The molecule has 1 aromatic heterocycles. The predicted octanol–water partition coefficient (Wildman–Crippen LogP) is 3.20. The van der Waals surface area contributed by atoms with Gasteiger partial charge >= 0.3 is 0 Å². The van der Waals surface area contributed by atoms with Gasteiger partial charge in [-0.3, -0.25) is 9.59 Å². The maximum atomic E-state index is 13.0. The second kappa shape index (κ2) is 7.81. The molecule has 0 unspecified atom stereocenters. The highest BCUT2D eigenvalue weighted by Crippen LogP contribution is 2.50. The van der Waals surface area contributed by atoms with Crippen molar-refractivity contribution in [1.82, 2.24) is 15.2 Å². The number of aryl methyl sites for hydroxylation is 1. The van der Waals surface area contributed by atoms with Crippen LogP contribution in [-0.4, -0.2) is 40.3 Å². The van der Waals surface area contributed by atoms with Gasteiger partial charge in [-0.25, -0.2) is 9.37 Å². The van der Waals surface area contributed by atoms with E-state index >= 15 is 0 Å². The smallest absolute Gasteiger partial charge is 0.289 e. The monoisotopic (exact) mass is 397 g/mol. The maximum absolute atomic E-state index is 13.0. The number of halogens is 1. The number of nitrogens with one attached hydrogen (secondary N) is 1. The topological polar surface area (TPSA) is 75.4 Å². The molecule has 2 aliphatic heterocycles. The number of hydrogen-bond acceptors (Lipinski definition) is 4. The van der Waals surface area contributed by atoms with Crippen LogP contribution in [0.5, 0.6) is 0 Å². The van der Waals surface area contributed by atoms with Crippen molar-refractivity contribution < 1.29 is 18.4 Å². The highest BCUT2D eigenvalue weighted by Gasteiger charge is 2.57. The quantitative estimate of drug-likeness (QED) is 0.779. The summed E-state index contributed by atoms with van der Waals surface area (Å²) >= 11 is 0. The summed E-state index contributed by atoms with van der Waals surface area (Å²) in [6, 6.07) is 6.14. The van der Waals surface area contributed by atoms with Gasteiger partial charge in [0, 0.05) is 19.5 Å². The van der Waals surface area contributed by atoms with Crippen LogP contribution in [0.25, 0.3) is 6.08 Å². The Balaban J connectivity index is 1.35. The molecular formula is C22H24FN3O3. The van der Waals surface area contributed by atoms with Crippen molar-refractivity contribution in [3.63, 3.8) is 0 Å². The molecule has 1 aromatic carbocycles. The van der Waals surface area contributed by atoms with Gasteiger partial charge in [-0.15, -0.1) is 0 Å². The molecule has 6 nitrogen and oxygen atoms in total. The molecule has 5 rings (SSSR count). The molecule has 2 saturated heterocycles. The third-order valence-electron chi connectivity index (χ3n) is 5.88. The number of aromatic nitrogens is 1. The maximum Gasteiger partial charge on any atom is 0.289 e. The van der Waals surface area contributed by atoms with Crippen LogP contribution in [0.4, 0.5) is 4.39 Å². The third kappa shape index (κ3) is 3.81. The number of rotatable bonds is 7. The summed E-state index contributed by atoms with van der Waals surface area (Å²) in [6.07, 6.45) is 7.64. The molecule has 1 aliphatic carbocycles. The molecule has 0 atom stereocenters. The average Bonchev–Trinajstić information content (AvgIpc) is 3.40. The second-order valence-corrected chi connectivity index (χ2v) is 7.83. The number of nitrogens with zero attached hydrogens (tertiary/aromatic N) is 2.